The highest BCUT2D eigenvalue weighted by Crippen LogP contribution is 2.37. The number of amides is 2. The molecular formula is C17H12F2N2O4S. The molecule has 2 aromatic carbocycles. The number of hydrogen-bond acceptors (Lipinski definition) is 4. The van der Waals surface area contributed by atoms with E-state index in [0.29, 0.717) is 16.6 Å². The SMILES string of the molecule is O=C(CC1Sc2cc(C(=O)O)ccc2NC1=O)Nc1ccc(F)cc1F. The number of carboxylic acids is 1. The highest BCUT2D eigenvalue weighted by atomic mass is 32.2. The molecule has 0 radical (unpaired) electrons. The molecule has 0 fully saturated rings. The van der Waals surface area contributed by atoms with Gasteiger partial charge in [-0.05, 0) is 30.3 Å². The van der Waals surface area contributed by atoms with E-state index in [2.05, 4.69) is 10.6 Å². The molecule has 1 heterocycles. The maximum atomic E-state index is 13.6. The molecule has 1 unspecified atom stereocenters. The van der Waals surface area contributed by atoms with Gasteiger partial charge in [-0.1, -0.05) is 0 Å². The Morgan fingerprint density at radius 1 is 1.19 bits per heavy atom. The normalized spacial score (nSPS) is 15.8. The van der Waals surface area contributed by atoms with Gasteiger partial charge >= 0.3 is 5.97 Å². The molecule has 2 aromatic rings. The third kappa shape index (κ3) is 3.83. The average Bonchev–Trinajstić information content (AvgIpc) is 2.57. The Hall–Kier alpha value is -2.94. The number of aromatic carboxylic acids is 1. The van der Waals surface area contributed by atoms with Gasteiger partial charge in [0.1, 0.15) is 11.6 Å². The predicted octanol–water partition coefficient (Wildman–Crippen LogP) is 3.10. The minimum absolute atomic E-state index is 0.0592. The summed E-state index contributed by atoms with van der Waals surface area (Å²) in [6.45, 7) is 0. The lowest BCUT2D eigenvalue weighted by atomic mass is 10.2. The van der Waals surface area contributed by atoms with Gasteiger partial charge < -0.3 is 15.7 Å². The number of hydrogen-bond donors (Lipinski definition) is 3. The van der Waals surface area contributed by atoms with Crippen LogP contribution in [0.25, 0.3) is 0 Å². The highest BCUT2D eigenvalue weighted by Gasteiger charge is 2.29. The van der Waals surface area contributed by atoms with Crippen molar-refractivity contribution in [2.45, 2.75) is 16.6 Å². The fourth-order valence-corrected chi connectivity index (χ4v) is 3.52. The fourth-order valence-electron chi connectivity index (χ4n) is 2.37. The monoisotopic (exact) mass is 378 g/mol. The Labute approximate surface area is 150 Å². The summed E-state index contributed by atoms with van der Waals surface area (Å²) in [5.41, 5.74) is 0.335. The van der Waals surface area contributed by atoms with E-state index in [4.69, 9.17) is 5.11 Å². The summed E-state index contributed by atoms with van der Waals surface area (Å²) < 4.78 is 26.5. The van der Waals surface area contributed by atoms with Crippen LogP contribution in [-0.4, -0.2) is 28.1 Å². The smallest absolute Gasteiger partial charge is 0.335 e. The molecule has 3 rings (SSSR count). The van der Waals surface area contributed by atoms with E-state index in [1.807, 2.05) is 0 Å². The van der Waals surface area contributed by atoms with Crippen LogP contribution in [0.2, 0.25) is 0 Å². The maximum absolute atomic E-state index is 13.6. The number of halogens is 2. The third-order valence-electron chi connectivity index (χ3n) is 3.62. The van der Waals surface area contributed by atoms with Crippen molar-refractivity contribution in [3.05, 3.63) is 53.6 Å². The molecular weight excluding hydrogens is 366 g/mol. The zero-order valence-corrected chi connectivity index (χ0v) is 13.9. The number of fused-ring (bicyclic) bond motifs is 1. The number of benzene rings is 2. The van der Waals surface area contributed by atoms with Gasteiger partial charge in [-0.2, -0.15) is 0 Å². The van der Waals surface area contributed by atoms with Gasteiger partial charge in [0.05, 0.1) is 22.2 Å². The van der Waals surface area contributed by atoms with E-state index in [0.717, 1.165) is 23.9 Å². The maximum Gasteiger partial charge on any atom is 0.335 e. The average molecular weight is 378 g/mol. The Morgan fingerprint density at radius 2 is 1.96 bits per heavy atom. The lowest BCUT2D eigenvalue weighted by Gasteiger charge is -2.24. The number of rotatable bonds is 4. The molecule has 1 aliphatic rings. The zero-order chi connectivity index (χ0) is 18.8. The fraction of sp³-hybridized carbons (Fsp3) is 0.118. The Bertz CT molecular complexity index is 920. The molecule has 2 amide bonds. The molecule has 1 aliphatic heterocycles. The molecule has 3 N–H and O–H groups in total. The van der Waals surface area contributed by atoms with Crippen LogP contribution in [0.15, 0.2) is 41.3 Å². The lowest BCUT2D eigenvalue weighted by Crippen LogP contribution is -2.32. The van der Waals surface area contributed by atoms with E-state index in [1.165, 1.54) is 18.2 Å². The molecule has 134 valence electrons. The van der Waals surface area contributed by atoms with Gasteiger partial charge in [-0.25, -0.2) is 13.6 Å². The Morgan fingerprint density at radius 3 is 2.65 bits per heavy atom. The van der Waals surface area contributed by atoms with Crippen molar-refractivity contribution in [2.75, 3.05) is 10.6 Å². The molecule has 0 saturated carbocycles. The van der Waals surface area contributed by atoms with Crippen LogP contribution in [0.5, 0.6) is 0 Å². The van der Waals surface area contributed by atoms with E-state index >= 15 is 0 Å². The zero-order valence-electron chi connectivity index (χ0n) is 13.1. The Kier molecular flexibility index (Phi) is 4.90. The first-order valence-electron chi connectivity index (χ1n) is 7.43. The number of carbonyl (C=O) groups excluding carboxylic acids is 2. The number of thioether (sulfide) groups is 1. The van der Waals surface area contributed by atoms with E-state index in [-0.39, 0.29) is 17.7 Å². The highest BCUT2D eigenvalue weighted by molar-refractivity contribution is 8.01. The number of carbonyl (C=O) groups is 3. The minimum Gasteiger partial charge on any atom is -0.478 e. The van der Waals surface area contributed by atoms with E-state index in [9.17, 15) is 23.2 Å². The van der Waals surface area contributed by atoms with Gasteiger partial charge in [0.15, 0.2) is 0 Å². The molecule has 0 saturated heterocycles. The lowest BCUT2D eigenvalue weighted by molar-refractivity contribution is -0.120. The summed E-state index contributed by atoms with van der Waals surface area (Å²) in [7, 11) is 0. The van der Waals surface area contributed by atoms with Crippen molar-refractivity contribution in [2.24, 2.45) is 0 Å². The topological polar surface area (TPSA) is 95.5 Å². The van der Waals surface area contributed by atoms with Crippen LogP contribution in [-0.2, 0) is 9.59 Å². The number of anilines is 2. The number of nitrogens with one attached hydrogen (secondary N) is 2. The summed E-state index contributed by atoms with van der Waals surface area (Å²) in [6.07, 6.45) is -0.260. The first-order valence-corrected chi connectivity index (χ1v) is 8.31. The van der Waals surface area contributed by atoms with Crippen molar-refractivity contribution in [1.29, 1.82) is 0 Å². The second-order valence-electron chi connectivity index (χ2n) is 5.49. The van der Waals surface area contributed by atoms with Crippen molar-refractivity contribution in [3.8, 4) is 0 Å². The third-order valence-corrected chi connectivity index (χ3v) is 4.88. The molecule has 9 heteroatoms. The molecule has 0 bridgehead atoms. The standard InChI is InChI=1S/C17H12F2N2O4S/c18-9-2-4-11(10(19)6-9)20-15(22)7-14-16(23)21-12-3-1-8(17(24)25)5-13(12)26-14/h1-6,14H,7H2,(H,20,22)(H,21,23)(H,24,25). The quantitative estimate of drug-likeness (QED) is 0.760. The van der Waals surface area contributed by atoms with Crippen LogP contribution < -0.4 is 10.6 Å². The largest absolute Gasteiger partial charge is 0.478 e. The molecule has 1 atom stereocenters. The van der Waals surface area contributed by atoms with Crippen LogP contribution in [0, 0.1) is 11.6 Å². The second kappa shape index (κ2) is 7.12. The second-order valence-corrected chi connectivity index (χ2v) is 6.73. The summed E-state index contributed by atoms with van der Waals surface area (Å²) in [6, 6.07) is 6.99. The van der Waals surface area contributed by atoms with Crippen molar-refractivity contribution in [3.63, 3.8) is 0 Å². The van der Waals surface area contributed by atoms with Crippen LogP contribution in [0.3, 0.4) is 0 Å². The van der Waals surface area contributed by atoms with Crippen molar-refractivity contribution < 1.29 is 28.3 Å². The predicted molar refractivity (Wildman–Crippen MR) is 91.3 cm³/mol. The van der Waals surface area contributed by atoms with Gasteiger partial charge in [-0.3, -0.25) is 9.59 Å². The van der Waals surface area contributed by atoms with Gasteiger partial charge in [-0.15, -0.1) is 11.8 Å². The minimum atomic E-state index is -1.11. The summed E-state index contributed by atoms with van der Waals surface area (Å²) in [5.74, 6) is -3.84. The van der Waals surface area contributed by atoms with Gasteiger partial charge in [0, 0.05) is 17.4 Å². The van der Waals surface area contributed by atoms with Crippen molar-refractivity contribution >= 4 is 40.9 Å². The van der Waals surface area contributed by atoms with E-state index < -0.39 is 34.7 Å². The van der Waals surface area contributed by atoms with Gasteiger partial charge in [0.2, 0.25) is 11.8 Å². The summed E-state index contributed by atoms with van der Waals surface area (Å²) >= 11 is 1.05. The summed E-state index contributed by atoms with van der Waals surface area (Å²) in [5, 5.41) is 13.1. The van der Waals surface area contributed by atoms with Crippen LogP contribution in [0.4, 0.5) is 20.2 Å². The van der Waals surface area contributed by atoms with Crippen molar-refractivity contribution in [1.82, 2.24) is 0 Å². The van der Waals surface area contributed by atoms with Crippen LogP contribution in [0.1, 0.15) is 16.8 Å². The summed E-state index contributed by atoms with van der Waals surface area (Å²) in [4.78, 5) is 35.8. The molecule has 0 aromatic heterocycles. The van der Waals surface area contributed by atoms with Crippen LogP contribution >= 0.6 is 11.8 Å². The number of carboxylic acid groups (broad SMARTS) is 1. The molecule has 0 spiro atoms. The molecule has 0 aliphatic carbocycles. The first-order chi connectivity index (χ1) is 12.3. The van der Waals surface area contributed by atoms with E-state index in [1.54, 1.807) is 0 Å². The van der Waals surface area contributed by atoms with Gasteiger partial charge in [0.25, 0.3) is 0 Å². The molecule has 26 heavy (non-hydrogen) atoms. The Balaban J connectivity index is 1.71. The first kappa shape index (κ1) is 17.9. The molecule has 6 nitrogen and oxygen atoms in total.